The summed E-state index contributed by atoms with van der Waals surface area (Å²) in [5.41, 5.74) is 3.59. The summed E-state index contributed by atoms with van der Waals surface area (Å²) < 4.78 is 27.4. The number of halogens is 1. The van der Waals surface area contributed by atoms with Crippen LogP contribution in [0.3, 0.4) is 0 Å². The number of rotatable bonds is 3. The molecular formula is C19H19ClN2O2S. The van der Waals surface area contributed by atoms with E-state index in [4.69, 9.17) is 11.6 Å². The Labute approximate surface area is 152 Å². The molecule has 0 fully saturated rings. The highest BCUT2D eigenvalue weighted by molar-refractivity contribution is 7.89. The van der Waals surface area contributed by atoms with Gasteiger partial charge in [0.15, 0.2) is 0 Å². The molecule has 1 unspecified atom stereocenters. The molecule has 1 N–H and O–H groups in total. The molecule has 0 saturated carbocycles. The molecule has 4 nitrogen and oxygen atoms in total. The average molecular weight is 375 g/mol. The van der Waals surface area contributed by atoms with E-state index in [2.05, 4.69) is 17.1 Å². The zero-order valence-electron chi connectivity index (χ0n) is 13.9. The van der Waals surface area contributed by atoms with Gasteiger partial charge < -0.3 is 4.98 Å². The Morgan fingerprint density at radius 1 is 1.12 bits per heavy atom. The molecular weight excluding hydrogens is 356 g/mol. The fourth-order valence-corrected chi connectivity index (χ4v) is 5.14. The highest BCUT2D eigenvalue weighted by atomic mass is 35.5. The van der Waals surface area contributed by atoms with Gasteiger partial charge in [-0.25, -0.2) is 8.42 Å². The van der Waals surface area contributed by atoms with Gasteiger partial charge in [-0.1, -0.05) is 29.8 Å². The van der Waals surface area contributed by atoms with Crippen molar-refractivity contribution in [1.82, 2.24) is 9.29 Å². The smallest absolute Gasteiger partial charge is 0.243 e. The van der Waals surface area contributed by atoms with Crippen molar-refractivity contribution in [1.29, 1.82) is 0 Å². The maximum atomic E-state index is 12.9. The number of hydrogen-bond donors (Lipinski definition) is 1. The fraction of sp³-hybridized carbons (Fsp3) is 0.263. The first-order valence-electron chi connectivity index (χ1n) is 8.29. The summed E-state index contributed by atoms with van der Waals surface area (Å²) in [6, 6.07) is 14.5. The minimum Gasteiger partial charge on any atom is -0.358 e. The number of sulfonamides is 1. The van der Waals surface area contributed by atoms with Gasteiger partial charge in [-0.05, 0) is 55.2 Å². The first kappa shape index (κ1) is 16.6. The van der Waals surface area contributed by atoms with Gasteiger partial charge in [0.25, 0.3) is 0 Å². The van der Waals surface area contributed by atoms with Gasteiger partial charge in [-0.2, -0.15) is 4.31 Å². The number of nitrogens with zero attached hydrogens (tertiary/aromatic N) is 1. The third-order valence-corrected chi connectivity index (χ3v) is 7.25. The van der Waals surface area contributed by atoms with Gasteiger partial charge >= 0.3 is 0 Å². The molecule has 1 aliphatic rings. The van der Waals surface area contributed by atoms with Crippen LogP contribution in [0.4, 0.5) is 0 Å². The van der Waals surface area contributed by atoms with E-state index in [9.17, 15) is 8.42 Å². The number of H-pyrrole nitrogens is 1. The highest BCUT2D eigenvalue weighted by Crippen LogP contribution is 2.32. The number of fused-ring (bicyclic) bond motifs is 3. The predicted molar refractivity (Wildman–Crippen MR) is 101 cm³/mol. The van der Waals surface area contributed by atoms with Crippen molar-refractivity contribution in [2.24, 2.45) is 0 Å². The van der Waals surface area contributed by atoms with Gasteiger partial charge in [-0.15, -0.1) is 0 Å². The molecule has 0 radical (unpaired) electrons. The summed E-state index contributed by atoms with van der Waals surface area (Å²) in [5, 5.41) is 1.72. The zero-order valence-corrected chi connectivity index (χ0v) is 15.4. The van der Waals surface area contributed by atoms with Crippen LogP contribution in [-0.2, 0) is 22.9 Å². The van der Waals surface area contributed by atoms with E-state index in [1.54, 1.807) is 31.3 Å². The Bertz CT molecular complexity index is 1030. The van der Waals surface area contributed by atoms with Crippen LogP contribution in [0.1, 0.15) is 17.7 Å². The molecule has 0 bridgehead atoms. The minimum atomic E-state index is -3.53. The van der Waals surface area contributed by atoms with E-state index in [-0.39, 0.29) is 10.9 Å². The van der Waals surface area contributed by atoms with Crippen LogP contribution in [-0.4, -0.2) is 30.8 Å². The summed E-state index contributed by atoms with van der Waals surface area (Å²) in [4.78, 5) is 3.75. The molecule has 25 heavy (non-hydrogen) atoms. The van der Waals surface area contributed by atoms with Crippen LogP contribution in [0.2, 0.25) is 5.02 Å². The topological polar surface area (TPSA) is 53.2 Å². The molecule has 0 aliphatic heterocycles. The van der Waals surface area contributed by atoms with E-state index >= 15 is 0 Å². The summed E-state index contributed by atoms with van der Waals surface area (Å²) >= 11 is 5.88. The second-order valence-corrected chi connectivity index (χ2v) is 8.93. The van der Waals surface area contributed by atoms with E-state index in [0.717, 1.165) is 24.8 Å². The molecule has 130 valence electrons. The van der Waals surface area contributed by atoms with Crippen LogP contribution < -0.4 is 0 Å². The van der Waals surface area contributed by atoms with E-state index < -0.39 is 10.0 Å². The van der Waals surface area contributed by atoms with Crippen molar-refractivity contribution in [3.8, 4) is 0 Å². The number of nitrogens with one attached hydrogen (secondary N) is 1. The van der Waals surface area contributed by atoms with Crippen LogP contribution in [0, 0.1) is 0 Å². The molecule has 0 spiro atoms. The lowest BCUT2D eigenvalue weighted by molar-refractivity contribution is 0.336. The molecule has 0 amide bonds. The average Bonchev–Trinajstić information content (AvgIpc) is 2.99. The summed E-state index contributed by atoms with van der Waals surface area (Å²) in [6.45, 7) is 0. The molecule has 2 aromatic carbocycles. The Morgan fingerprint density at radius 2 is 1.84 bits per heavy atom. The molecule has 1 aromatic heterocycles. The quantitative estimate of drug-likeness (QED) is 0.753. The van der Waals surface area contributed by atoms with E-state index in [1.165, 1.54) is 20.9 Å². The first-order valence-corrected chi connectivity index (χ1v) is 10.1. The zero-order chi connectivity index (χ0) is 17.6. The SMILES string of the molecule is CN(C1CCc2[nH]c3ccccc3c2C1)S(=O)(=O)c1ccc(Cl)cc1. The van der Waals surface area contributed by atoms with Crippen molar-refractivity contribution >= 4 is 32.5 Å². The Morgan fingerprint density at radius 3 is 2.60 bits per heavy atom. The number of aromatic nitrogens is 1. The maximum absolute atomic E-state index is 12.9. The summed E-state index contributed by atoms with van der Waals surface area (Å²) in [7, 11) is -1.85. The van der Waals surface area contributed by atoms with Gasteiger partial charge in [0.2, 0.25) is 10.0 Å². The number of benzene rings is 2. The third-order valence-electron chi connectivity index (χ3n) is 5.07. The van der Waals surface area contributed by atoms with Crippen LogP contribution in [0.25, 0.3) is 10.9 Å². The molecule has 4 rings (SSSR count). The Hall–Kier alpha value is -1.82. The van der Waals surface area contributed by atoms with Gasteiger partial charge in [0, 0.05) is 34.7 Å². The molecule has 6 heteroatoms. The van der Waals surface area contributed by atoms with Gasteiger partial charge in [0.05, 0.1) is 4.90 Å². The molecule has 0 saturated heterocycles. The number of likely N-dealkylation sites (N-methyl/N-ethyl adjacent to an activating group) is 1. The van der Waals surface area contributed by atoms with E-state index in [1.807, 2.05) is 12.1 Å². The Balaban J connectivity index is 1.65. The van der Waals surface area contributed by atoms with Crippen LogP contribution in [0.15, 0.2) is 53.4 Å². The van der Waals surface area contributed by atoms with Crippen LogP contribution >= 0.6 is 11.6 Å². The van der Waals surface area contributed by atoms with Gasteiger partial charge in [0.1, 0.15) is 0 Å². The molecule has 1 heterocycles. The van der Waals surface area contributed by atoms with E-state index in [0.29, 0.717) is 5.02 Å². The standard InChI is InChI=1S/C19H19ClN2O2S/c1-22(25(23,24)15-9-6-13(20)7-10-15)14-8-11-19-17(12-14)16-4-2-3-5-18(16)21-19/h2-7,9-10,14,21H,8,11-12H2,1H3. The van der Waals surface area contributed by atoms with Gasteiger partial charge in [-0.3, -0.25) is 0 Å². The largest absolute Gasteiger partial charge is 0.358 e. The normalized spacial score (nSPS) is 17.8. The Kier molecular flexibility index (Phi) is 4.10. The summed E-state index contributed by atoms with van der Waals surface area (Å²) in [5.74, 6) is 0. The lowest BCUT2D eigenvalue weighted by atomic mass is 9.91. The number of para-hydroxylation sites is 1. The summed E-state index contributed by atoms with van der Waals surface area (Å²) in [6.07, 6.45) is 2.39. The lowest BCUT2D eigenvalue weighted by Gasteiger charge is -2.30. The monoisotopic (exact) mass is 374 g/mol. The van der Waals surface area contributed by atoms with Crippen molar-refractivity contribution in [2.45, 2.75) is 30.2 Å². The maximum Gasteiger partial charge on any atom is 0.243 e. The highest BCUT2D eigenvalue weighted by Gasteiger charge is 2.32. The fourth-order valence-electron chi connectivity index (χ4n) is 3.63. The third kappa shape index (κ3) is 2.86. The lowest BCUT2D eigenvalue weighted by Crippen LogP contribution is -2.40. The number of hydrogen-bond acceptors (Lipinski definition) is 2. The number of aryl methyl sites for hydroxylation is 1. The second-order valence-electron chi connectivity index (χ2n) is 6.50. The van der Waals surface area contributed by atoms with Crippen LogP contribution in [0.5, 0.6) is 0 Å². The predicted octanol–water partition coefficient (Wildman–Crippen LogP) is 4.00. The molecule has 1 aliphatic carbocycles. The van der Waals surface area contributed by atoms with Crippen molar-refractivity contribution < 1.29 is 8.42 Å². The molecule has 1 atom stereocenters. The van der Waals surface area contributed by atoms with Crippen molar-refractivity contribution in [3.05, 3.63) is 64.8 Å². The first-order chi connectivity index (χ1) is 12.0. The molecule has 3 aromatic rings. The minimum absolute atomic E-state index is 0.0487. The van der Waals surface area contributed by atoms with Crippen molar-refractivity contribution in [3.63, 3.8) is 0 Å². The second kappa shape index (κ2) is 6.16. The van der Waals surface area contributed by atoms with Crippen molar-refractivity contribution in [2.75, 3.05) is 7.05 Å². The number of aromatic amines is 1.